The highest BCUT2D eigenvalue weighted by Gasteiger charge is 2.34. The maximum atomic E-state index is 13.0. The maximum Gasteiger partial charge on any atom is 0.238 e. The van der Waals surface area contributed by atoms with Gasteiger partial charge in [0.1, 0.15) is 11.1 Å². The lowest BCUT2D eigenvalue weighted by Crippen LogP contribution is -2.43. The molecule has 1 heterocycles. The van der Waals surface area contributed by atoms with E-state index in [1.165, 1.54) is 40.9 Å². The van der Waals surface area contributed by atoms with Crippen LogP contribution in [0.25, 0.3) is 0 Å². The van der Waals surface area contributed by atoms with E-state index in [9.17, 15) is 14.0 Å². The fourth-order valence-electron chi connectivity index (χ4n) is 2.42. The second-order valence-electron chi connectivity index (χ2n) is 6.09. The van der Waals surface area contributed by atoms with E-state index in [2.05, 4.69) is 10.3 Å². The Morgan fingerprint density at radius 1 is 1.30 bits per heavy atom. The molecule has 1 N–H and O–H groups in total. The molecule has 2 aromatic rings. The molecule has 0 radical (unpaired) electrons. The summed E-state index contributed by atoms with van der Waals surface area (Å²) in [5.41, 5.74) is 2.00. The quantitative estimate of drug-likeness (QED) is 0.824. The van der Waals surface area contributed by atoms with E-state index in [1.54, 1.807) is 19.2 Å². The predicted molar refractivity (Wildman–Crippen MR) is 107 cm³/mol. The van der Waals surface area contributed by atoms with Crippen molar-refractivity contribution in [3.63, 3.8) is 0 Å². The molecule has 1 aliphatic heterocycles. The number of anilines is 1. The molecule has 1 atom stereocenters. The Bertz CT molecular complexity index is 918. The number of nitrogens with zero attached hydrogens (tertiary/aromatic N) is 2. The zero-order valence-corrected chi connectivity index (χ0v) is 16.3. The molecule has 5 nitrogen and oxygen atoms in total. The van der Waals surface area contributed by atoms with Crippen molar-refractivity contribution in [2.75, 3.05) is 12.4 Å². The fourth-order valence-corrected chi connectivity index (χ4v) is 3.65. The minimum absolute atomic E-state index is 0.0574. The molecule has 0 spiro atoms. The van der Waals surface area contributed by atoms with E-state index < -0.39 is 5.25 Å². The van der Waals surface area contributed by atoms with E-state index in [0.717, 1.165) is 5.56 Å². The van der Waals surface area contributed by atoms with Crippen molar-refractivity contribution in [3.05, 3.63) is 58.9 Å². The number of carbonyl (C=O) groups excluding carboxylic acids is 2. The zero-order valence-electron chi connectivity index (χ0n) is 14.7. The number of aryl methyl sites for hydroxylation is 1. The standard InChI is InChI=1S/C19H17ClFN3O2S/c1-11-3-6-14(9-15(11)20)23-19-24(2)17(25)10-16(27-19)18(26)22-13-7-4-12(21)5-8-13/h3-9,16H,10H2,1-2H3,(H,22,26). The van der Waals surface area contributed by atoms with Crippen molar-refractivity contribution in [3.8, 4) is 0 Å². The van der Waals surface area contributed by atoms with Gasteiger partial charge in [-0.05, 0) is 48.9 Å². The van der Waals surface area contributed by atoms with Gasteiger partial charge in [0.15, 0.2) is 5.17 Å². The number of nitrogens with one attached hydrogen (secondary N) is 1. The molecule has 1 saturated heterocycles. The Kier molecular flexibility index (Phi) is 5.82. The van der Waals surface area contributed by atoms with Crippen LogP contribution < -0.4 is 5.32 Å². The van der Waals surface area contributed by atoms with Crippen LogP contribution in [0.15, 0.2) is 47.5 Å². The van der Waals surface area contributed by atoms with Crippen LogP contribution in [0.2, 0.25) is 5.02 Å². The first kappa shape index (κ1) is 19.4. The van der Waals surface area contributed by atoms with E-state index in [1.807, 2.05) is 13.0 Å². The third-order valence-electron chi connectivity index (χ3n) is 4.05. The normalized spacial score (nSPS) is 18.7. The molecule has 1 unspecified atom stereocenters. The van der Waals surface area contributed by atoms with Gasteiger partial charge in [-0.25, -0.2) is 9.38 Å². The van der Waals surface area contributed by atoms with Crippen LogP contribution in [0.4, 0.5) is 15.8 Å². The SMILES string of the molecule is Cc1ccc(N=C2SC(C(=O)Nc3ccc(F)cc3)CC(=O)N2C)cc1Cl. The summed E-state index contributed by atoms with van der Waals surface area (Å²) in [6, 6.07) is 10.8. The largest absolute Gasteiger partial charge is 0.325 e. The van der Waals surface area contributed by atoms with Gasteiger partial charge in [0, 0.05) is 24.2 Å². The van der Waals surface area contributed by atoms with Crippen molar-refractivity contribution in [1.29, 1.82) is 0 Å². The molecule has 1 fully saturated rings. The third kappa shape index (κ3) is 4.67. The summed E-state index contributed by atoms with van der Waals surface area (Å²) < 4.78 is 13.0. The van der Waals surface area contributed by atoms with Crippen LogP contribution >= 0.6 is 23.4 Å². The second-order valence-corrected chi connectivity index (χ2v) is 7.66. The Hall–Kier alpha value is -2.38. The topological polar surface area (TPSA) is 61.8 Å². The number of benzene rings is 2. The summed E-state index contributed by atoms with van der Waals surface area (Å²) in [7, 11) is 1.62. The molecular formula is C19H17ClFN3O2S. The van der Waals surface area contributed by atoms with Crippen molar-refractivity contribution in [2.24, 2.45) is 4.99 Å². The first-order valence-corrected chi connectivity index (χ1v) is 9.44. The Morgan fingerprint density at radius 2 is 2.00 bits per heavy atom. The number of aliphatic imine (C=N–C) groups is 1. The highest BCUT2D eigenvalue weighted by molar-refractivity contribution is 8.15. The Balaban J connectivity index is 1.78. The monoisotopic (exact) mass is 405 g/mol. The Labute approximate surface area is 165 Å². The van der Waals surface area contributed by atoms with Crippen LogP contribution in [0.3, 0.4) is 0 Å². The van der Waals surface area contributed by atoms with Crippen LogP contribution in [0.5, 0.6) is 0 Å². The van der Waals surface area contributed by atoms with E-state index in [0.29, 0.717) is 21.6 Å². The molecule has 3 rings (SSSR count). The first-order chi connectivity index (χ1) is 12.8. The number of halogens is 2. The van der Waals surface area contributed by atoms with Gasteiger partial charge in [-0.1, -0.05) is 29.4 Å². The van der Waals surface area contributed by atoms with Gasteiger partial charge in [-0.3, -0.25) is 14.5 Å². The number of amides is 2. The van der Waals surface area contributed by atoms with Gasteiger partial charge < -0.3 is 5.32 Å². The molecule has 1 aliphatic rings. The van der Waals surface area contributed by atoms with Crippen molar-refractivity contribution in [1.82, 2.24) is 4.90 Å². The lowest BCUT2D eigenvalue weighted by molar-refractivity contribution is -0.128. The van der Waals surface area contributed by atoms with E-state index in [-0.39, 0.29) is 24.1 Å². The van der Waals surface area contributed by atoms with Gasteiger partial charge in [0.05, 0.1) is 5.69 Å². The number of hydrogen-bond donors (Lipinski definition) is 1. The molecule has 0 aliphatic carbocycles. The van der Waals surface area contributed by atoms with Gasteiger partial charge in [-0.15, -0.1) is 0 Å². The van der Waals surface area contributed by atoms with E-state index in [4.69, 9.17) is 11.6 Å². The van der Waals surface area contributed by atoms with E-state index >= 15 is 0 Å². The lowest BCUT2D eigenvalue weighted by Gasteiger charge is -2.28. The Morgan fingerprint density at radius 3 is 2.67 bits per heavy atom. The van der Waals surface area contributed by atoms with Crippen molar-refractivity contribution in [2.45, 2.75) is 18.6 Å². The van der Waals surface area contributed by atoms with Crippen LogP contribution in [-0.2, 0) is 9.59 Å². The molecule has 140 valence electrons. The molecule has 0 saturated carbocycles. The molecule has 0 aromatic heterocycles. The summed E-state index contributed by atoms with van der Waals surface area (Å²) in [5.74, 6) is -0.921. The van der Waals surface area contributed by atoms with Crippen molar-refractivity contribution >= 4 is 51.7 Å². The number of thioether (sulfide) groups is 1. The van der Waals surface area contributed by atoms with Gasteiger partial charge >= 0.3 is 0 Å². The van der Waals surface area contributed by atoms with Gasteiger partial charge in [0.25, 0.3) is 0 Å². The first-order valence-electron chi connectivity index (χ1n) is 8.18. The lowest BCUT2D eigenvalue weighted by atomic mass is 10.2. The number of hydrogen-bond acceptors (Lipinski definition) is 4. The number of rotatable bonds is 3. The summed E-state index contributed by atoms with van der Waals surface area (Å²) in [4.78, 5) is 30.7. The summed E-state index contributed by atoms with van der Waals surface area (Å²) in [6.07, 6.45) is 0.0574. The number of amidine groups is 1. The average molecular weight is 406 g/mol. The molecule has 2 amide bonds. The van der Waals surface area contributed by atoms with Crippen LogP contribution in [-0.4, -0.2) is 34.2 Å². The second kappa shape index (κ2) is 8.10. The number of carbonyl (C=O) groups is 2. The molecule has 27 heavy (non-hydrogen) atoms. The smallest absolute Gasteiger partial charge is 0.238 e. The maximum absolute atomic E-state index is 13.0. The van der Waals surface area contributed by atoms with Crippen molar-refractivity contribution < 1.29 is 14.0 Å². The van der Waals surface area contributed by atoms with Gasteiger partial charge in [0.2, 0.25) is 11.8 Å². The summed E-state index contributed by atoms with van der Waals surface area (Å²) in [5, 5.41) is 3.08. The highest BCUT2D eigenvalue weighted by Crippen LogP contribution is 2.30. The average Bonchev–Trinajstić information content (AvgIpc) is 2.63. The summed E-state index contributed by atoms with van der Waals surface area (Å²) in [6.45, 7) is 1.89. The van der Waals surface area contributed by atoms with Crippen LogP contribution in [0.1, 0.15) is 12.0 Å². The minimum atomic E-state index is -0.626. The van der Waals surface area contributed by atoms with Crippen LogP contribution in [0, 0.1) is 12.7 Å². The highest BCUT2D eigenvalue weighted by atomic mass is 35.5. The molecular weight excluding hydrogens is 389 g/mol. The molecule has 2 aromatic carbocycles. The van der Waals surface area contributed by atoms with Gasteiger partial charge in [-0.2, -0.15) is 0 Å². The molecule has 0 bridgehead atoms. The zero-order chi connectivity index (χ0) is 19.6. The molecule has 8 heteroatoms. The third-order valence-corrected chi connectivity index (χ3v) is 5.70. The summed E-state index contributed by atoms with van der Waals surface area (Å²) >= 11 is 7.33. The fraction of sp³-hybridized carbons (Fsp3) is 0.211. The minimum Gasteiger partial charge on any atom is -0.325 e. The predicted octanol–water partition coefficient (Wildman–Crippen LogP) is 4.38.